The molecule has 53 heavy (non-hydrogen) atoms. The molecule has 1 unspecified atom stereocenters. The molecule has 0 aromatic heterocycles. The van der Waals surface area contributed by atoms with E-state index in [1.807, 2.05) is 23.9 Å². The largest absolute Gasteiger partial charge is 0.399 e. The third-order valence-electron chi connectivity index (χ3n) is 11.5. The van der Waals surface area contributed by atoms with E-state index in [4.69, 9.17) is 5.73 Å². The summed E-state index contributed by atoms with van der Waals surface area (Å²) in [6.45, 7) is 0. The predicted octanol–water partition coefficient (Wildman–Crippen LogP) is 13.4. The summed E-state index contributed by atoms with van der Waals surface area (Å²) in [6.07, 6.45) is 0. The third kappa shape index (κ3) is 4.27. The highest BCUT2D eigenvalue weighted by Gasteiger charge is 2.50. The molecule has 2 N–H and O–H groups in total. The van der Waals surface area contributed by atoms with Crippen LogP contribution in [0.15, 0.2) is 198 Å². The highest BCUT2D eigenvalue weighted by molar-refractivity contribution is 7.99. The molecule has 1 aliphatic heterocycles. The molecule has 9 aromatic rings. The smallest absolute Gasteiger partial charge is 0.0735 e. The molecule has 1 spiro atoms. The zero-order chi connectivity index (χ0) is 35.1. The van der Waals surface area contributed by atoms with E-state index in [2.05, 4.69) is 176 Å². The number of benzene rings is 9. The molecule has 0 fully saturated rings. The topological polar surface area (TPSA) is 26.0 Å². The summed E-state index contributed by atoms with van der Waals surface area (Å²) >= 11 is 1.92. The van der Waals surface area contributed by atoms with Gasteiger partial charge in [0, 0.05) is 15.5 Å². The fourth-order valence-electron chi connectivity index (χ4n) is 9.31. The quantitative estimate of drug-likeness (QED) is 0.147. The van der Waals surface area contributed by atoms with Gasteiger partial charge in [0.05, 0.1) is 5.41 Å². The minimum absolute atomic E-state index is 0.501. The average molecular weight is 692 g/mol. The van der Waals surface area contributed by atoms with Crippen LogP contribution in [-0.4, -0.2) is 0 Å². The summed E-state index contributed by atoms with van der Waals surface area (Å²) < 4.78 is 0. The first-order valence-electron chi connectivity index (χ1n) is 18.2. The Morgan fingerprint density at radius 1 is 0.358 bits per heavy atom. The van der Waals surface area contributed by atoms with Gasteiger partial charge in [-0.2, -0.15) is 0 Å². The molecular weight excluding hydrogens is 659 g/mol. The molecular formula is C51H33NS. The molecule has 2 heteroatoms. The van der Waals surface area contributed by atoms with Crippen LogP contribution in [0.4, 0.5) is 5.69 Å². The van der Waals surface area contributed by atoms with Crippen molar-refractivity contribution in [3.05, 3.63) is 210 Å². The van der Waals surface area contributed by atoms with E-state index < -0.39 is 5.41 Å². The van der Waals surface area contributed by atoms with E-state index >= 15 is 0 Å². The monoisotopic (exact) mass is 691 g/mol. The van der Waals surface area contributed by atoms with Crippen LogP contribution in [-0.2, 0) is 5.41 Å². The molecule has 1 atom stereocenters. The van der Waals surface area contributed by atoms with Crippen molar-refractivity contribution < 1.29 is 0 Å². The van der Waals surface area contributed by atoms with E-state index in [1.54, 1.807) is 0 Å². The van der Waals surface area contributed by atoms with Crippen molar-refractivity contribution in [1.82, 2.24) is 0 Å². The third-order valence-corrected chi connectivity index (χ3v) is 12.7. The molecule has 1 heterocycles. The van der Waals surface area contributed by atoms with E-state index in [1.165, 1.54) is 92.5 Å². The van der Waals surface area contributed by atoms with Crippen molar-refractivity contribution in [1.29, 1.82) is 0 Å². The predicted molar refractivity (Wildman–Crippen MR) is 224 cm³/mol. The maximum Gasteiger partial charge on any atom is 0.0735 e. The van der Waals surface area contributed by atoms with Crippen molar-refractivity contribution in [2.24, 2.45) is 0 Å². The van der Waals surface area contributed by atoms with Crippen LogP contribution in [0, 0.1) is 0 Å². The molecule has 0 saturated heterocycles. The SMILES string of the molecule is Nc1ccc(-c2ccc3c(c2)C2(c4ccccc4Sc4c(-c5c6ccccc6c(-c6ccccc6)c6ccccc56)cccc42)c2ccccc2-3)cc1. The Hall–Kier alpha value is -6.35. The lowest BCUT2D eigenvalue weighted by Gasteiger charge is -2.40. The lowest BCUT2D eigenvalue weighted by atomic mass is 9.66. The number of fused-ring (bicyclic) bond motifs is 11. The van der Waals surface area contributed by atoms with Crippen LogP contribution >= 0.6 is 11.8 Å². The summed E-state index contributed by atoms with van der Waals surface area (Å²) in [6, 6.07) is 69.4. The minimum atomic E-state index is -0.501. The first-order chi connectivity index (χ1) is 26.2. The lowest BCUT2D eigenvalue weighted by molar-refractivity contribution is 0.723. The van der Waals surface area contributed by atoms with Gasteiger partial charge in [0.1, 0.15) is 0 Å². The molecule has 0 amide bonds. The van der Waals surface area contributed by atoms with E-state index in [0.717, 1.165) is 11.3 Å². The van der Waals surface area contributed by atoms with E-state index in [9.17, 15) is 0 Å². The maximum atomic E-state index is 6.14. The second-order valence-electron chi connectivity index (χ2n) is 14.2. The normalized spacial score (nSPS) is 15.2. The summed E-state index contributed by atoms with van der Waals surface area (Å²) in [4.78, 5) is 2.61. The molecule has 248 valence electrons. The van der Waals surface area contributed by atoms with Gasteiger partial charge < -0.3 is 5.73 Å². The Morgan fingerprint density at radius 2 is 0.906 bits per heavy atom. The average Bonchev–Trinajstić information content (AvgIpc) is 3.50. The number of hydrogen-bond acceptors (Lipinski definition) is 2. The van der Waals surface area contributed by atoms with Crippen molar-refractivity contribution in [2.75, 3.05) is 5.73 Å². The maximum absolute atomic E-state index is 6.14. The van der Waals surface area contributed by atoms with Crippen LogP contribution in [0.1, 0.15) is 22.3 Å². The second-order valence-corrected chi connectivity index (χ2v) is 15.2. The first kappa shape index (κ1) is 30.3. The van der Waals surface area contributed by atoms with Gasteiger partial charge in [-0.05, 0) is 113 Å². The zero-order valence-electron chi connectivity index (χ0n) is 28.9. The van der Waals surface area contributed by atoms with Crippen LogP contribution < -0.4 is 5.73 Å². The van der Waals surface area contributed by atoms with Crippen molar-refractivity contribution in [3.8, 4) is 44.5 Å². The van der Waals surface area contributed by atoms with Gasteiger partial charge in [-0.15, -0.1) is 0 Å². The van der Waals surface area contributed by atoms with Crippen molar-refractivity contribution >= 4 is 39.0 Å². The van der Waals surface area contributed by atoms with Crippen LogP contribution in [0.3, 0.4) is 0 Å². The van der Waals surface area contributed by atoms with Gasteiger partial charge in [-0.3, -0.25) is 0 Å². The number of rotatable bonds is 3. The highest BCUT2D eigenvalue weighted by atomic mass is 32.2. The summed E-state index contributed by atoms with van der Waals surface area (Å²) in [7, 11) is 0. The van der Waals surface area contributed by atoms with Crippen LogP contribution in [0.5, 0.6) is 0 Å². The Bertz CT molecular complexity index is 2870. The van der Waals surface area contributed by atoms with Gasteiger partial charge in [-0.1, -0.05) is 176 Å². The van der Waals surface area contributed by atoms with Gasteiger partial charge in [0.25, 0.3) is 0 Å². The summed E-state index contributed by atoms with van der Waals surface area (Å²) in [5.41, 5.74) is 21.8. The molecule has 0 radical (unpaired) electrons. The first-order valence-corrected chi connectivity index (χ1v) is 19.0. The van der Waals surface area contributed by atoms with E-state index in [-0.39, 0.29) is 0 Å². The number of anilines is 1. The van der Waals surface area contributed by atoms with Crippen molar-refractivity contribution in [2.45, 2.75) is 15.2 Å². The Kier molecular flexibility index (Phi) is 6.62. The fraction of sp³-hybridized carbons (Fsp3) is 0.0196. The number of nitrogen functional groups attached to an aromatic ring is 1. The molecule has 0 bridgehead atoms. The molecule has 2 aliphatic rings. The number of nitrogens with two attached hydrogens (primary N) is 1. The van der Waals surface area contributed by atoms with Gasteiger partial charge in [0.2, 0.25) is 0 Å². The standard InChI is InChI=1S/C51H33NS/c52-35-28-25-32(26-29-35)34-27-30-37-36-15-8-9-21-43(36)51(46(37)31-34)44-22-10-11-24-47(44)53-50-42(20-12-23-45(50)51)49-40-18-6-4-16-38(40)48(33-13-2-1-3-14-33)39-17-5-7-19-41(39)49/h1-31H,52H2. The van der Waals surface area contributed by atoms with Crippen LogP contribution in [0.2, 0.25) is 0 Å². The van der Waals surface area contributed by atoms with Crippen molar-refractivity contribution in [3.63, 3.8) is 0 Å². The Morgan fingerprint density at radius 3 is 1.64 bits per heavy atom. The molecule has 1 aliphatic carbocycles. The fourth-order valence-corrected chi connectivity index (χ4v) is 10.6. The lowest BCUT2D eigenvalue weighted by Crippen LogP contribution is -2.32. The second kappa shape index (κ2) is 11.6. The highest BCUT2D eigenvalue weighted by Crippen LogP contribution is 2.64. The van der Waals surface area contributed by atoms with Gasteiger partial charge in [0.15, 0.2) is 0 Å². The zero-order valence-corrected chi connectivity index (χ0v) is 29.7. The summed E-state index contributed by atoms with van der Waals surface area (Å²) in [5, 5.41) is 5.07. The molecule has 0 saturated carbocycles. The van der Waals surface area contributed by atoms with E-state index in [0.29, 0.717) is 0 Å². The van der Waals surface area contributed by atoms with Crippen LogP contribution in [0.25, 0.3) is 66.1 Å². The molecule has 11 rings (SSSR count). The summed E-state index contributed by atoms with van der Waals surface area (Å²) in [5.74, 6) is 0. The minimum Gasteiger partial charge on any atom is -0.399 e. The Labute approximate surface area is 313 Å². The van der Waals surface area contributed by atoms with Gasteiger partial charge in [-0.25, -0.2) is 0 Å². The Balaban J connectivity index is 1.26. The molecule has 9 aromatic carbocycles. The number of hydrogen-bond donors (Lipinski definition) is 1. The molecule has 1 nitrogen and oxygen atoms in total. The van der Waals surface area contributed by atoms with Gasteiger partial charge >= 0.3 is 0 Å².